The van der Waals surface area contributed by atoms with E-state index >= 15 is 0 Å². The molecule has 1 aromatic heterocycles. The molecule has 72 valence electrons. The lowest BCUT2D eigenvalue weighted by Crippen LogP contribution is -2.21. The van der Waals surface area contributed by atoms with Gasteiger partial charge >= 0.3 is 0 Å². The van der Waals surface area contributed by atoms with Gasteiger partial charge in [-0.2, -0.15) is 4.73 Å². The molecule has 0 aliphatic rings. The molecule has 0 aliphatic heterocycles. The SMILES string of the molecule is CC(C)(C)c1cc(=O)c(O)cn1O. The third-order valence-electron chi connectivity index (χ3n) is 1.78. The number of nitrogens with zero attached hydrogens (tertiary/aromatic N) is 1. The van der Waals surface area contributed by atoms with Crippen LogP contribution in [0.4, 0.5) is 0 Å². The van der Waals surface area contributed by atoms with Crippen LogP contribution in [0.5, 0.6) is 5.75 Å². The lowest BCUT2D eigenvalue weighted by atomic mass is 9.91. The third-order valence-corrected chi connectivity index (χ3v) is 1.78. The maximum atomic E-state index is 11.1. The number of hydrogen-bond donors (Lipinski definition) is 2. The highest BCUT2D eigenvalue weighted by atomic mass is 16.5. The van der Waals surface area contributed by atoms with Gasteiger partial charge in [0.15, 0.2) is 5.75 Å². The van der Waals surface area contributed by atoms with Crippen molar-refractivity contribution in [3.63, 3.8) is 0 Å². The fraction of sp³-hybridized carbons (Fsp3) is 0.444. The summed E-state index contributed by atoms with van der Waals surface area (Å²) in [5, 5.41) is 18.4. The number of pyridine rings is 1. The average molecular weight is 183 g/mol. The molecule has 0 spiro atoms. The van der Waals surface area contributed by atoms with Gasteiger partial charge in [0.1, 0.15) is 0 Å². The maximum absolute atomic E-state index is 11.1. The first kappa shape index (κ1) is 9.64. The summed E-state index contributed by atoms with van der Waals surface area (Å²) in [7, 11) is 0. The Kier molecular flexibility index (Phi) is 2.07. The van der Waals surface area contributed by atoms with Crippen molar-refractivity contribution in [1.29, 1.82) is 0 Å². The Bertz CT molecular complexity index is 373. The van der Waals surface area contributed by atoms with Crippen molar-refractivity contribution in [3.8, 4) is 5.75 Å². The van der Waals surface area contributed by atoms with Gasteiger partial charge in [-0.3, -0.25) is 4.79 Å². The van der Waals surface area contributed by atoms with E-state index in [-0.39, 0.29) is 5.41 Å². The van der Waals surface area contributed by atoms with Crippen LogP contribution in [-0.2, 0) is 5.41 Å². The van der Waals surface area contributed by atoms with Gasteiger partial charge in [-0.1, -0.05) is 20.8 Å². The summed E-state index contributed by atoms with van der Waals surface area (Å²) in [4.78, 5) is 11.1. The van der Waals surface area contributed by atoms with E-state index < -0.39 is 11.2 Å². The van der Waals surface area contributed by atoms with Crippen LogP contribution in [-0.4, -0.2) is 15.0 Å². The van der Waals surface area contributed by atoms with Gasteiger partial charge in [-0.25, -0.2) is 0 Å². The fourth-order valence-electron chi connectivity index (χ4n) is 1.07. The van der Waals surface area contributed by atoms with E-state index in [1.54, 1.807) is 0 Å². The smallest absolute Gasteiger partial charge is 0.223 e. The molecule has 4 heteroatoms. The standard InChI is InChI=1S/C9H13NO3/c1-9(2,3)8-4-6(11)7(12)5-10(8)13/h4-5,12-13H,1-3H3. The van der Waals surface area contributed by atoms with Crippen molar-refractivity contribution in [3.05, 3.63) is 28.2 Å². The molecule has 0 bridgehead atoms. The zero-order chi connectivity index (χ0) is 10.2. The Morgan fingerprint density at radius 3 is 2.38 bits per heavy atom. The van der Waals surface area contributed by atoms with Crippen LogP contribution in [0.25, 0.3) is 0 Å². The molecule has 4 nitrogen and oxygen atoms in total. The molecule has 0 aromatic carbocycles. The van der Waals surface area contributed by atoms with Gasteiger partial charge < -0.3 is 10.3 Å². The summed E-state index contributed by atoms with van der Waals surface area (Å²) in [6.45, 7) is 5.60. The van der Waals surface area contributed by atoms with E-state index in [1.807, 2.05) is 20.8 Å². The number of hydrogen-bond acceptors (Lipinski definition) is 3. The second kappa shape index (κ2) is 2.80. The predicted molar refractivity (Wildman–Crippen MR) is 48.3 cm³/mol. The molecule has 0 saturated heterocycles. The lowest BCUT2D eigenvalue weighted by molar-refractivity contribution is 0.160. The minimum absolute atomic E-state index is 0.332. The topological polar surface area (TPSA) is 62.5 Å². The molecular formula is C9H13NO3. The molecule has 1 heterocycles. The molecular weight excluding hydrogens is 170 g/mol. The number of aromatic nitrogens is 1. The third kappa shape index (κ3) is 1.83. The molecule has 1 rings (SSSR count). The Morgan fingerprint density at radius 2 is 1.92 bits per heavy atom. The molecule has 0 aliphatic carbocycles. The normalized spacial score (nSPS) is 11.6. The molecule has 0 radical (unpaired) electrons. The van der Waals surface area contributed by atoms with Gasteiger partial charge in [0.2, 0.25) is 5.43 Å². The van der Waals surface area contributed by atoms with Crippen molar-refractivity contribution < 1.29 is 10.3 Å². The Balaban J connectivity index is 3.41. The van der Waals surface area contributed by atoms with Crippen LogP contribution >= 0.6 is 0 Å². The van der Waals surface area contributed by atoms with Crippen LogP contribution in [0.3, 0.4) is 0 Å². The van der Waals surface area contributed by atoms with E-state index in [2.05, 4.69) is 0 Å². The zero-order valence-corrected chi connectivity index (χ0v) is 7.90. The minimum Gasteiger partial charge on any atom is -0.503 e. The molecule has 0 fully saturated rings. The van der Waals surface area contributed by atoms with Crippen molar-refractivity contribution >= 4 is 0 Å². The molecule has 0 saturated carbocycles. The molecule has 0 atom stereocenters. The zero-order valence-electron chi connectivity index (χ0n) is 7.90. The van der Waals surface area contributed by atoms with Crippen LogP contribution in [0, 0.1) is 0 Å². The van der Waals surface area contributed by atoms with Crippen LogP contribution in [0.1, 0.15) is 26.5 Å². The summed E-state index contributed by atoms with van der Waals surface area (Å²) in [6, 6.07) is 1.23. The monoisotopic (exact) mass is 183 g/mol. The number of aromatic hydroxyl groups is 1. The molecule has 0 amide bonds. The van der Waals surface area contributed by atoms with E-state index in [9.17, 15) is 10.0 Å². The summed E-state index contributed by atoms with van der Waals surface area (Å²) < 4.78 is 0.775. The maximum Gasteiger partial charge on any atom is 0.223 e. The number of rotatable bonds is 0. The van der Waals surface area contributed by atoms with Crippen LogP contribution in [0.2, 0.25) is 0 Å². The molecule has 13 heavy (non-hydrogen) atoms. The van der Waals surface area contributed by atoms with Crippen molar-refractivity contribution in [1.82, 2.24) is 4.73 Å². The van der Waals surface area contributed by atoms with Gasteiger partial charge in [-0.05, 0) is 0 Å². The van der Waals surface area contributed by atoms with Gasteiger partial charge in [0.25, 0.3) is 0 Å². The fourth-order valence-corrected chi connectivity index (χ4v) is 1.07. The predicted octanol–water partition coefficient (Wildman–Crippen LogP) is 1.09. The van der Waals surface area contributed by atoms with Crippen molar-refractivity contribution in [2.75, 3.05) is 0 Å². The molecule has 0 unspecified atom stereocenters. The summed E-state index contributed by atoms with van der Waals surface area (Å²) in [5.74, 6) is -0.449. The largest absolute Gasteiger partial charge is 0.503 e. The highest BCUT2D eigenvalue weighted by Gasteiger charge is 2.19. The first-order valence-electron chi connectivity index (χ1n) is 3.98. The highest BCUT2D eigenvalue weighted by molar-refractivity contribution is 5.23. The quantitative estimate of drug-likeness (QED) is 0.592. The molecule has 1 aromatic rings. The van der Waals surface area contributed by atoms with E-state index in [0.717, 1.165) is 10.9 Å². The van der Waals surface area contributed by atoms with Crippen LogP contribution in [0.15, 0.2) is 17.1 Å². The first-order chi connectivity index (χ1) is 5.82. The lowest BCUT2D eigenvalue weighted by Gasteiger charge is -2.20. The van der Waals surface area contributed by atoms with E-state index in [4.69, 9.17) is 5.11 Å². The van der Waals surface area contributed by atoms with Gasteiger partial charge in [0.05, 0.1) is 11.9 Å². The Morgan fingerprint density at radius 1 is 1.38 bits per heavy atom. The van der Waals surface area contributed by atoms with Gasteiger partial charge in [-0.15, -0.1) is 0 Å². The van der Waals surface area contributed by atoms with E-state index in [0.29, 0.717) is 5.69 Å². The molecule has 2 N–H and O–H groups in total. The summed E-state index contributed by atoms with van der Waals surface area (Å²) >= 11 is 0. The van der Waals surface area contributed by atoms with E-state index in [1.165, 1.54) is 6.07 Å². The van der Waals surface area contributed by atoms with Gasteiger partial charge in [0, 0.05) is 11.5 Å². The highest BCUT2D eigenvalue weighted by Crippen LogP contribution is 2.20. The van der Waals surface area contributed by atoms with Crippen molar-refractivity contribution in [2.24, 2.45) is 0 Å². The first-order valence-corrected chi connectivity index (χ1v) is 3.98. The van der Waals surface area contributed by atoms with Crippen molar-refractivity contribution in [2.45, 2.75) is 26.2 Å². The minimum atomic E-state index is -0.477. The summed E-state index contributed by atoms with van der Waals surface area (Å²) in [5.41, 5.74) is -0.341. The second-order valence-electron chi connectivity index (χ2n) is 4.00. The van der Waals surface area contributed by atoms with Crippen LogP contribution < -0.4 is 5.43 Å². The Hall–Kier alpha value is -1.45. The summed E-state index contributed by atoms with van der Waals surface area (Å²) in [6.07, 6.45) is 1.00. The Labute approximate surface area is 76.0 Å². The average Bonchev–Trinajstić information content (AvgIpc) is 1.94. The second-order valence-corrected chi connectivity index (χ2v) is 4.00.